The van der Waals surface area contributed by atoms with Crippen LogP contribution in [0.1, 0.15) is 11.1 Å². The van der Waals surface area contributed by atoms with Crippen LogP contribution >= 0.6 is 0 Å². The van der Waals surface area contributed by atoms with Gasteiger partial charge in [0.2, 0.25) is 0 Å². The predicted molar refractivity (Wildman–Crippen MR) is 153 cm³/mol. The summed E-state index contributed by atoms with van der Waals surface area (Å²) in [5, 5.41) is 4.05. The number of para-hydroxylation sites is 1. The van der Waals surface area contributed by atoms with E-state index in [1.807, 2.05) is 42.5 Å². The van der Waals surface area contributed by atoms with Crippen molar-refractivity contribution in [3.63, 3.8) is 0 Å². The van der Waals surface area contributed by atoms with E-state index in [-0.39, 0.29) is 16.3 Å². The number of nitrogens with zero attached hydrogens (tertiary/aromatic N) is 2. The van der Waals surface area contributed by atoms with Crippen molar-refractivity contribution < 1.29 is 27.4 Å². The molecule has 0 aliphatic carbocycles. The van der Waals surface area contributed by atoms with Crippen LogP contribution in [0.25, 0.3) is 0 Å². The zero-order valence-electron chi connectivity index (χ0n) is 22.1. The van der Waals surface area contributed by atoms with Gasteiger partial charge in [-0.3, -0.25) is 9.10 Å². The Kier molecular flexibility index (Phi) is 9.37. The van der Waals surface area contributed by atoms with Gasteiger partial charge in [0.15, 0.2) is 0 Å². The molecular weight excluding hydrogens is 530 g/mol. The van der Waals surface area contributed by atoms with Crippen LogP contribution in [-0.2, 0) is 21.4 Å². The molecule has 0 aromatic heterocycles. The van der Waals surface area contributed by atoms with E-state index in [1.165, 1.54) is 38.6 Å². The monoisotopic (exact) mass is 559 g/mol. The number of ether oxygens (including phenoxy) is 3. The van der Waals surface area contributed by atoms with Gasteiger partial charge in [0.1, 0.15) is 30.4 Å². The summed E-state index contributed by atoms with van der Waals surface area (Å²) in [6, 6.07) is 29.5. The molecule has 4 rings (SSSR count). The van der Waals surface area contributed by atoms with E-state index in [1.54, 1.807) is 42.5 Å². The van der Waals surface area contributed by atoms with Gasteiger partial charge in [0.05, 0.1) is 31.0 Å². The summed E-state index contributed by atoms with van der Waals surface area (Å²) in [5.41, 5.74) is 4.24. The molecule has 206 valence electrons. The maximum absolute atomic E-state index is 13.6. The van der Waals surface area contributed by atoms with Crippen molar-refractivity contribution >= 4 is 27.8 Å². The minimum absolute atomic E-state index is 0.0219. The van der Waals surface area contributed by atoms with E-state index in [4.69, 9.17) is 14.2 Å². The number of benzene rings is 4. The summed E-state index contributed by atoms with van der Waals surface area (Å²) in [5.74, 6) is 0.622. The largest absolute Gasteiger partial charge is 0.497 e. The third kappa shape index (κ3) is 6.97. The zero-order valence-corrected chi connectivity index (χ0v) is 22.9. The molecule has 1 N–H and O–H groups in total. The lowest BCUT2D eigenvalue weighted by atomic mass is 10.2. The number of anilines is 1. The Morgan fingerprint density at radius 3 is 2.23 bits per heavy atom. The molecule has 0 saturated carbocycles. The Labute approximate surface area is 233 Å². The molecule has 40 heavy (non-hydrogen) atoms. The van der Waals surface area contributed by atoms with Crippen LogP contribution in [0.2, 0.25) is 0 Å². The molecule has 0 unspecified atom stereocenters. The Balaban J connectivity index is 1.54. The highest BCUT2D eigenvalue weighted by Gasteiger charge is 2.29. The van der Waals surface area contributed by atoms with Crippen LogP contribution in [0.15, 0.2) is 113 Å². The summed E-state index contributed by atoms with van der Waals surface area (Å²) >= 11 is 0. The first-order chi connectivity index (χ1) is 19.4. The second kappa shape index (κ2) is 13.3. The lowest BCUT2D eigenvalue weighted by Crippen LogP contribution is -2.39. The maximum Gasteiger partial charge on any atom is 0.264 e. The number of nitrogens with one attached hydrogen (secondary N) is 1. The van der Waals surface area contributed by atoms with Crippen LogP contribution in [-0.4, -0.2) is 41.3 Å². The maximum atomic E-state index is 13.6. The fourth-order valence-corrected chi connectivity index (χ4v) is 5.26. The average Bonchev–Trinajstić information content (AvgIpc) is 3.00. The Hall–Kier alpha value is -4.83. The molecule has 9 nitrogen and oxygen atoms in total. The lowest BCUT2D eigenvalue weighted by molar-refractivity contribution is -0.119. The molecule has 0 atom stereocenters. The lowest BCUT2D eigenvalue weighted by Gasteiger charge is -2.25. The number of carbonyl (C=O) groups excluding carboxylic acids is 1. The molecule has 0 radical (unpaired) electrons. The van der Waals surface area contributed by atoms with Gasteiger partial charge in [-0.2, -0.15) is 5.10 Å². The molecule has 4 aromatic rings. The SMILES string of the molecule is COc1ccc(N(CC(=O)N/N=C\c2ccccc2OCc2ccccc2)S(=O)(=O)c2ccccc2)c(OC)c1. The minimum Gasteiger partial charge on any atom is -0.497 e. The normalized spacial score (nSPS) is 11.2. The number of methoxy groups -OCH3 is 2. The van der Waals surface area contributed by atoms with E-state index in [2.05, 4.69) is 10.5 Å². The van der Waals surface area contributed by atoms with Crippen LogP contribution in [0, 0.1) is 0 Å². The van der Waals surface area contributed by atoms with Crippen molar-refractivity contribution in [3.05, 3.63) is 114 Å². The van der Waals surface area contributed by atoms with Crippen LogP contribution in [0.4, 0.5) is 5.69 Å². The molecule has 0 aliphatic heterocycles. The van der Waals surface area contributed by atoms with Crippen molar-refractivity contribution in [1.29, 1.82) is 0 Å². The molecule has 0 heterocycles. The first-order valence-corrected chi connectivity index (χ1v) is 13.7. The van der Waals surface area contributed by atoms with Crippen molar-refractivity contribution in [1.82, 2.24) is 5.43 Å². The molecule has 4 aromatic carbocycles. The Morgan fingerprint density at radius 2 is 1.52 bits per heavy atom. The highest BCUT2D eigenvalue weighted by molar-refractivity contribution is 7.92. The quantitative estimate of drug-likeness (QED) is 0.200. The average molecular weight is 560 g/mol. The number of amides is 1. The third-order valence-corrected chi connectivity index (χ3v) is 7.60. The van der Waals surface area contributed by atoms with E-state index >= 15 is 0 Å². The van der Waals surface area contributed by atoms with Gasteiger partial charge >= 0.3 is 0 Å². The van der Waals surface area contributed by atoms with E-state index in [9.17, 15) is 13.2 Å². The number of hydrogen-bond acceptors (Lipinski definition) is 7. The van der Waals surface area contributed by atoms with Crippen molar-refractivity contribution in [2.45, 2.75) is 11.5 Å². The topological polar surface area (TPSA) is 107 Å². The van der Waals surface area contributed by atoms with Crippen LogP contribution < -0.4 is 23.9 Å². The van der Waals surface area contributed by atoms with Gasteiger partial charge in [-0.05, 0) is 42.0 Å². The van der Waals surface area contributed by atoms with Gasteiger partial charge in [-0.15, -0.1) is 0 Å². The number of carbonyl (C=O) groups is 1. The van der Waals surface area contributed by atoms with E-state index in [0.717, 1.165) is 9.87 Å². The number of hydrazone groups is 1. The van der Waals surface area contributed by atoms with Crippen LogP contribution in [0.3, 0.4) is 0 Å². The second-order valence-electron chi connectivity index (χ2n) is 8.47. The van der Waals surface area contributed by atoms with Crippen molar-refractivity contribution in [2.75, 3.05) is 25.1 Å². The molecule has 0 fully saturated rings. The Bertz CT molecular complexity index is 1560. The highest BCUT2D eigenvalue weighted by Crippen LogP contribution is 2.35. The summed E-state index contributed by atoms with van der Waals surface area (Å²) < 4.78 is 44.8. The van der Waals surface area contributed by atoms with Gasteiger partial charge < -0.3 is 14.2 Å². The van der Waals surface area contributed by atoms with Gasteiger partial charge in [0.25, 0.3) is 15.9 Å². The zero-order chi connectivity index (χ0) is 28.4. The number of rotatable bonds is 12. The molecule has 10 heteroatoms. The first-order valence-electron chi connectivity index (χ1n) is 12.3. The first kappa shape index (κ1) is 28.2. The summed E-state index contributed by atoms with van der Waals surface area (Å²) in [6.45, 7) is -0.183. The number of sulfonamides is 1. The fourth-order valence-electron chi connectivity index (χ4n) is 3.80. The molecule has 0 aliphatic rings. The summed E-state index contributed by atoms with van der Waals surface area (Å²) in [6.07, 6.45) is 1.45. The fraction of sp³-hybridized carbons (Fsp3) is 0.133. The summed E-state index contributed by atoms with van der Waals surface area (Å²) in [7, 11) is -1.24. The van der Waals surface area contributed by atoms with Gasteiger partial charge in [0, 0.05) is 11.6 Å². The van der Waals surface area contributed by atoms with Gasteiger partial charge in [-0.1, -0.05) is 60.7 Å². The van der Waals surface area contributed by atoms with Crippen LogP contribution in [0.5, 0.6) is 17.2 Å². The second-order valence-corrected chi connectivity index (χ2v) is 10.3. The minimum atomic E-state index is -4.14. The molecule has 0 bridgehead atoms. The smallest absolute Gasteiger partial charge is 0.264 e. The predicted octanol–water partition coefficient (Wildman–Crippen LogP) is 4.63. The van der Waals surface area contributed by atoms with E-state index < -0.39 is 22.5 Å². The standard InChI is InChI=1S/C30H29N3O6S/c1-37-25-17-18-27(29(19-25)38-2)33(40(35,36)26-14-7-4-8-15-26)21-30(34)32-31-20-24-13-9-10-16-28(24)39-22-23-11-5-3-6-12-23/h3-20H,21-22H2,1-2H3,(H,32,34)/b31-20-. The van der Waals surface area contributed by atoms with Crippen molar-refractivity contribution in [2.24, 2.45) is 5.10 Å². The summed E-state index contributed by atoms with van der Waals surface area (Å²) in [4.78, 5) is 13.0. The Morgan fingerprint density at radius 1 is 0.850 bits per heavy atom. The molecular formula is C30H29N3O6S. The third-order valence-electron chi connectivity index (χ3n) is 5.82. The molecule has 0 spiro atoms. The van der Waals surface area contributed by atoms with E-state index in [0.29, 0.717) is 23.7 Å². The number of hydrogen-bond donors (Lipinski definition) is 1. The van der Waals surface area contributed by atoms with Gasteiger partial charge in [-0.25, -0.2) is 13.8 Å². The molecule has 0 saturated heterocycles. The highest BCUT2D eigenvalue weighted by atomic mass is 32.2. The molecule has 1 amide bonds. The van der Waals surface area contributed by atoms with Crippen molar-refractivity contribution in [3.8, 4) is 17.2 Å².